The van der Waals surface area contributed by atoms with Crippen LogP contribution in [0.1, 0.15) is 40.4 Å². The third kappa shape index (κ3) is 4.48. The molecule has 29 heavy (non-hydrogen) atoms. The molecule has 1 aliphatic heterocycles. The zero-order chi connectivity index (χ0) is 20.4. The lowest BCUT2D eigenvalue weighted by Crippen LogP contribution is -2.30. The normalized spacial score (nSPS) is 17.4. The minimum absolute atomic E-state index is 0.258. The van der Waals surface area contributed by atoms with Gasteiger partial charge in [-0.3, -0.25) is 9.78 Å². The number of carbonyl (C=O) groups is 1. The average molecular weight is 416 g/mol. The Balaban J connectivity index is 1.58. The third-order valence-electron chi connectivity index (χ3n) is 4.72. The number of carbonyl (C=O) groups excluding carboxylic acids is 1. The molecule has 10 heteroatoms. The number of aryl methyl sites for hydroxylation is 1. The molecule has 1 amide bonds. The predicted molar refractivity (Wildman–Crippen MR) is 107 cm³/mol. The van der Waals surface area contributed by atoms with Crippen LogP contribution in [0.3, 0.4) is 0 Å². The molecule has 0 aliphatic carbocycles. The van der Waals surface area contributed by atoms with Crippen molar-refractivity contribution in [3.63, 3.8) is 0 Å². The van der Waals surface area contributed by atoms with Crippen LogP contribution in [0, 0.1) is 18.7 Å². The number of hydrogen-bond acceptors (Lipinski definition) is 8. The second-order valence-electron chi connectivity index (χ2n) is 7.02. The quantitative estimate of drug-likeness (QED) is 0.637. The van der Waals surface area contributed by atoms with E-state index in [4.69, 9.17) is 4.74 Å². The number of thiazole rings is 1. The molecule has 2 atom stereocenters. The van der Waals surface area contributed by atoms with Gasteiger partial charge in [0.25, 0.3) is 5.91 Å². The maximum atomic E-state index is 13.5. The zero-order valence-corrected chi connectivity index (χ0v) is 16.9. The topological polar surface area (TPSA) is 102 Å². The highest BCUT2D eigenvalue weighted by atomic mass is 32.1. The van der Waals surface area contributed by atoms with E-state index in [1.807, 2.05) is 13.8 Å². The van der Waals surface area contributed by atoms with Crippen LogP contribution in [0.25, 0.3) is 10.3 Å². The van der Waals surface area contributed by atoms with E-state index in [0.29, 0.717) is 35.0 Å². The number of hydrogen-bond donors (Lipinski definition) is 2. The van der Waals surface area contributed by atoms with Crippen molar-refractivity contribution in [3.8, 4) is 0 Å². The minimum atomic E-state index is -0.418. The molecule has 2 N–H and O–H groups in total. The summed E-state index contributed by atoms with van der Waals surface area (Å²) in [5.41, 5.74) is 1.39. The van der Waals surface area contributed by atoms with Gasteiger partial charge >= 0.3 is 0 Å². The van der Waals surface area contributed by atoms with Crippen LogP contribution in [0.15, 0.2) is 18.5 Å². The molecule has 0 aromatic carbocycles. The minimum Gasteiger partial charge on any atom is -0.381 e. The van der Waals surface area contributed by atoms with Crippen molar-refractivity contribution in [1.82, 2.24) is 25.3 Å². The van der Waals surface area contributed by atoms with Crippen molar-refractivity contribution >= 4 is 33.5 Å². The first-order valence-electron chi connectivity index (χ1n) is 9.37. The van der Waals surface area contributed by atoms with Gasteiger partial charge in [0.15, 0.2) is 11.3 Å². The predicted octanol–water partition coefficient (Wildman–Crippen LogP) is 2.87. The van der Waals surface area contributed by atoms with Crippen LogP contribution >= 0.6 is 11.3 Å². The third-order valence-corrected chi connectivity index (χ3v) is 5.69. The van der Waals surface area contributed by atoms with Gasteiger partial charge < -0.3 is 15.4 Å². The van der Waals surface area contributed by atoms with Gasteiger partial charge in [-0.05, 0) is 31.9 Å². The first-order chi connectivity index (χ1) is 14.0. The van der Waals surface area contributed by atoms with E-state index in [2.05, 4.69) is 30.6 Å². The molecule has 3 aromatic heterocycles. The molecule has 3 aromatic rings. The Hall–Kier alpha value is -2.72. The highest BCUT2D eigenvalue weighted by molar-refractivity contribution is 7.18. The summed E-state index contributed by atoms with van der Waals surface area (Å²) in [6, 6.07) is 1.09. The van der Waals surface area contributed by atoms with Crippen LogP contribution in [-0.4, -0.2) is 45.6 Å². The van der Waals surface area contributed by atoms with E-state index in [-0.39, 0.29) is 23.6 Å². The van der Waals surface area contributed by atoms with Gasteiger partial charge in [-0.15, -0.1) is 11.3 Å². The maximum absolute atomic E-state index is 13.5. The molecule has 0 radical (unpaired) electrons. The first kappa shape index (κ1) is 19.6. The summed E-state index contributed by atoms with van der Waals surface area (Å²) >= 11 is 1.38. The molecule has 0 bridgehead atoms. The van der Waals surface area contributed by atoms with E-state index in [1.54, 1.807) is 6.20 Å². The van der Waals surface area contributed by atoms with E-state index in [1.165, 1.54) is 17.4 Å². The number of fused-ring (bicyclic) bond motifs is 1. The summed E-state index contributed by atoms with van der Waals surface area (Å²) < 4.78 is 19.5. The molecule has 152 valence electrons. The molecule has 0 spiro atoms. The smallest absolute Gasteiger partial charge is 0.271 e. The molecule has 4 rings (SSSR count). The van der Waals surface area contributed by atoms with Crippen molar-refractivity contribution in [3.05, 3.63) is 40.5 Å². The fourth-order valence-corrected chi connectivity index (χ4v) is 4.00. The molecular weight excluding hydrogens is 395 g/mol. The summed E-state index contributed by atoms with van der Waals surface area (Å²) in [6.07, 6.45) is 3.66. The van der Waals surface area contributed by atoms with Crippen LogP contribution in [0.5, 0.6) is 0 Å². The van der Waals surface area contributed by atoms with Crippen LogP contribution in [0.2, 0.25) is 0 Å². The summed E-state index contributed by atoms with van der Waals surface area (Å²) in [5, 5.41) is 6.86. The molecule has 1 saturated heterocycles. The standard InChI is InChI=1S/C19H21FN6O2S/c1-10(13-5-14(20)8-21-7-13)23-19-25-15(16-17(26-19)24-11(2)29-16)18(27)22-6-12-3-4-28-9-12/h5,7-8,10,12H,3-4,6,9H2,1-2H3,(H,22,27)(H,23,25,26). The fourth-order valence-electron chi connectivity index (χ4n) is 3.15. The highest BCUT2D eigenvalue weighted by Crippen LogP contribution is 2.26. The molecule has 4 heterocycles. The molecule has 8 nitrogen and oxygen atoms in total. The number of amides is 1. The van der Waals surface area contributed by atoms with Crippen LogP contribution in [0.4, 0.5) is 10.3 Å². The fraction of sp³-hybridized carbons (Fsp3) is 0.421. The Morgan fingerprint density at radius 2 is 2.24 bits per heavy atom. The van der Waals surface area contributed by atoms with Crippen molar-refractivity contribution in [2.45, 2.75) is 26.3 Å². The van der Waals surface area contributed by atoms with Crippen LogP contribution in [-0.2, 0) is 4.74 Å². The number of halogens is 1. The van der Waals surface area contributed by atoms with Crippen molar-refractivity contribution in [2.24, 2.45) is 5.92 Å². The summed E-state index contributed by atoms with van der Waals surface area (Å²) in [6.45, 7) is 5.63. The Kier molecular flexibility index (Phi) is 5.63. The second kappa shape index (κ2) is 8.34. The number of pyridine rings is 1. The molecule has 1 aliphatic rings. The van der Waals surface area contributed by atoms with Gasteiger partial charge in [0, 0.05) is 25.3 Å². The van der Waals surface area contributed by atoms with Gasteiger partial charge in [-0.2, -0.15) is 4.98 Å². The number of rotatable bonds is 6. The van der Waals surface area contributed by atoms with Crippen molar-refractivity contribution < 1.29 is 13.9 Å². The summed E-state index contributed by atoms with van der Waals surface area (Å²) in [7, 11) is 0. The molecule has 0 saturated carbocycles. The summed E-state index contributed by atoms with van der Waals surface area (Å²) in [5.74, 6) is -0.110. The largest absolute Gasteiger partial charge is 0.381 e. The molecular formula is C19H21FN6O2S. The Morgan fingerprint density at radius 3 is 3.00 bits per heavy atom. The van der Waals surface area contributed by atoms with E-state index in [9.17, 15) is 9.18 Å². The van der Waals surface area contributed by atoms with Gasteiger partial charge in [0.1, 0.15) is 10.5 Å². The van der Waals surface area contributed by atoms with Gasteiger partial charge in [0.05, 0.1) is 23.9 Å². The number of aromatic nitrogens is 4. The molecule has 1 fully saturated rings. The lowest BCUT2D eigenvalue weighted by molar-refractivity contribution is 0.0942. The Labute approximate surface area is 171 Å². The summed E-state index contributed by atoms with van der Waals surface area (Å²) in [4.78, 5) is 30.0. The van der Waals surface area contributed by atoms with E-state index in [0.717, 1.165) is 24.2 Å². The highest BCUT2D eigenvalue weighted by Gasteiger charge is 2.22. The Morgan fingerprint density at radius 1 is 1.38 bits per heavy atom. The van der Waals surface area contributed by atoms with Crippen molar-refractivity contribution in [2.75, 3.05) is 25.1 Å². The van der Waals surface area contributed by atoms with Gasteiger partial charge in [0.2, 0.25) is 5.95 Å². The monoisotopic (exact) mass is 416 g/mol. The lowest BCUT2D eigenvalue weighted by Gasteiger charge is -2.15. The number of nitrogens with zero attached hydrogens (tertiary/aromatic N) is 4. The lowest BCUT2D eigenvalue weighted by atomic mass is 10.1. The Bertz CT molecular complexity index is 1040. The van der Waals surface area contributed by atoms with Crippen molar-refractivity contribution in [1.29, 1.82) is 0 Å². The van der Waals surface area contributed by atoms with Gasteiger partial charge in [-0.25, -0.2) is 14.4 Å². The van der Waals surface area contributed by atoms with Gasteiger partial charge in [-0.1, -0.05) is 0 Å². The number of ether oxygens (including phenoxy) is 1. The van der Waals surface area contributed by atoms with E-state index < -0.39 is 5.82 Å². The SMILES string of the molecule is Cc1nc2nc(NC(C)c3cncc(F)c3)nc(C(=O)NCC3CCOC3)c2s1. The number of anilines is 1. The van der Waals surface area contributed by atoms with E-state index >= 15 is 0 Å². The molecule has 2 unspecified atom stereocenters. The average Bonchev–Trinajstić information content (AvgIpc) is 3.34. The number of nitrogens with one attached hydrogen (secondary N) is 2. The zero-order valence-electron chi connectivity index (χ0n) is 16.1. The second-order valence-corrected chi connectivity index (χ2v) is 8.23. The maximum Gasteiger partial charge on any atom is 0.271 e. The van der Waals surface area contributed by atoms with Crippen LogP contribution < -0.4 is 10.6 Å². The first-order valence-corrected chi connectivity index (χ1v) is 10.2.